The van der Waals surface area contributed by atoms with Gasteiger partial charge in [0.2, 0.25) is 5.91 Å². The molecule has 2 aliphatic heterocycles. The zero-order valence-corrected chi connectivity index (χ0v) is 11.2. The number of nitrogens with one attached hydrogen (secondary N) is 1. The fraction of sp³-hybridized carbons (Fsp3) is 0.533. The summed E-state index contributed by atoms with van der Waals surface area (Å²) in [5.74, 6) is 0.215. The maximum atomic E-state index is 12.5. The number of rotatable bonds is 3. The molecule has 0 aromatic heterocycles. The Morgan fingerprint density at radius 3 is 2.79 bits per heavy atom. The molecule has 1 N–H and O–H groups in total. The van der Waals surface area contributed by atoms with Gasteiger partial charge in [-0.1, -0.05) is 37.3 Å². The smallest absolute Gasteiger partial charge is 0.241 e. The summed E-state index contributed by atoms with van der Waals surface area (Å²) in [6.07, 6.45) is 1.75. The highest BCUT2D eigenvalue weighted by molar-refractivity contribution is 5.84. The lowest BCUT2D eigenvalue weighted by atomic mass is 10.1. The number of amides is 1. The number of nitrogens with zero attached hydrogens (tertiary/aromatic N) is 1. The summed E-state index contributed by atoms with van der Waals surface area (Å²) in [5.41, 5.74) is 1.15. The van der Waals surface area contributed by atoms with E-state index in [1.807, 2.05) is 30.0 Å². The van der Waals surface area contributed by atoms with Crippen molar-refractivity contribution < 1.29 is 9.53 Å². The van der Waals surface area contributed by atoms with Gasteiger partial charge in [-0.3, -0.25) is 10.1 Å². The summed E-state index contributed by atoms with van der Waals surface area (Å²) >= 11 is 0. The van der Waals surface area contributed by atoms with E-state index in [-0.39, 0.29) is 24.2 Å². The zero-order valence-electron chi connectivity index (χ0n) is 11.2. The Bertz CT molecular complexity index is 443. The van der Waals surface area contributed by atoms with Crippen LogP contribution in [0.1, 0.15) is 31.5 Å². The molecule has 3 unspecified atom stereocenters. The van der Waals surface area contributed by atoms with Gasteiger partial charge in [-0.15, -0.1) is 0 Å². The van der Waals surface area contributed by atoms with Crippen molar-refractivity contribution in [2.24, 2.45) is 0 Å². The van der Waals surface area contributed by atoms with Crippen LogP contribution in [0.25, 0.3) is 0 Å². The van der Waals surface area contributed by atoms with Gasteiger partial charge in [-0.25, -0.2) is 0 Å². The second-order valence-corrected chi connectivity index (χ2v) is 5.20. The standard InChI is InChI=1S/C15H20N2O2/c1-2-13-15(18)17(12-8-9-19-10-12)14(16-13)11-6-4-3-5-7-11/h3-7,12-14,16H,2,8-10H2,1H3. The Labute approximate surface area is 113 Å². The van der Waals surface area contributed by atoms with Crippen LogP contribution in [0.5, 0.6) is 0 Å². The molecule has 19 heavy (non-hydrogen) atoms. The van der Waals surface area contributed by atoms with Crippen LogP contribution in [0.3, 0.4) is 0 Å². The predicted molar refractivity (Wildman–Crippen MR) is 72.5 cm³/mol. The van der Waals surface area contributed by atoms with Crippen LogP contribution in [0.15, 0.2) is 30.3 Å². The Kier molecular flexibility index (Phi) is 3.53. The van der Waals surface area contributed by atoms with Gasteiger partial charge < -0.3 is 9.64 Å². The van der Waals surface area contributed by atoms with E-state index in [2.05, 4.69) is 17.4 Å². The first-order chi connectivity index (χ1) is 9.31. The fourth-order valence-electron chi connectivity index (χ4n) is 2.97. The first-order valence-corrected chi connectivity index (χ1v) is 7.02. The SMILES string of the molecule is CCC1NC(c2ccccc2)N(C2CCOC2)C1=O. The average Bonchev–Trinajstić information content (AvgIpc) is 3.07. The second-order valence-electron chi connectivity index (χ2n) is 5.20. The van der Waals surface area contributed by atoms with E-state index in [0.717, 1.165) is 25.0 Å². The lowest BCUT2D eigenvalue weighted by Crippen LogP contribution is -2.40. The molecular formula is C15H20N2O2. The highest BCUT2D eigenvalue weighted by Gasteiger charge is 2.43. The van der Waals surface area contributed by atoms with Crippen molar-refractivity contribution in [3.63, 3.8) is 0 Å². The molecule has 0 bridgehead atoms. The summed E-state index contributed by atoms with van der Waals surface area (Å²) < 4.78 is 5.45. The Hall–Kier alpha value is -1.39. The van der Waals surface area contributed by atoms with Crippen LogP contribution >= 0.6 is 0 Å². The Morgan fingerprint density at radius 2 is 2.16 bits per heavy atom. The van der Waals surface area contributed by atoms with E-state index in [4.69, 9.17) is 4.74 Å². The topological polar surface area (TPSA) is 41.6 Å². The maximum absolute atomic E-state index is 12.5. The van der Waals surface area contributed by atoms with Gasteiger partial charge in [-0.05, 0) is 18.4 Å². The van der Waals surface area contributed by atoms with Gasteiger partial charge in [0.25, 0.3) is 0 Å². The van der Waals surface area contributed by atoms with Crippen LogP contribution in [-0.2, 0) is 9.53 Å². The lowest BCUT2D eigenvalue weighted by Gasteiger charge is -2.29. The van der Waals surface area contributed by atoms with Crippen molar-refractivity contribution >= 4 is 5.91 Å². The molecule has 102 valence electrons. The van der Waals surface area contributed by atoms with Crippen molar-refractivity contribution in [3.8, 4) is 0 Å². The molecule has 2 aliphatic rings. The highest BCUT2D eigenvalue weighted by atomic mass is 16.5. The van der Waals surface area contributed by atoms with Crippen molar-refractivity contribution in [2.75, 3.05) is 13.2 Å². The summed E-state index contributed by atoms with van der Waals surface area (Å²) in [4.78, 5) is 14.5. The van der Waals surface area contributed by atoms with Crippen molar-refractivity contribution in [1.29, 1.82) is 0 Å². The molecule has 1 aromatic rings. The molecule has 0 saturated carbocycles. The van der Waals surface area contributed by atoms with Gasteiger partial charge in [0.15, 0.2) is 0 Å². The third-order valence-corrected chi connectivity index (χ3v) is 4.01. The molecule has 3 atom stereocenters. The predicted octanol–water partition coefficient (Wildman–Crippen LogP) is 1.68. The average molecular weight is 260 g/mol. The first kappa shape index (κ1) is 12.6. The largest absolute Gasteiger partial charge is 0.379 e. The van der Waals surface area contributed by atoms with Gasteiger partial charge in [0.05, 0.1) is 18.7 Å². The van der Waals surface area contributed by atoms with Crippen LogP contribution < -0.4 is 5.32 Å². The van der Waals surface area contributed by atoms with Gasteiger partial charge >= 0.3 is 0 Å². The molecule has 4 heteroatoms. The minimum atomic E-state index is -0.0641. The summed E-state index contributed by atoms with van der Waals surface area (Å²) in [7, 11) is 0. The van der Waals surface area contributed by atoms with E-state index in [1.165, 1.54) is 0 Å². The normalized spacial score (nSPS) is 31.1. The first-order valence-electron chi connectivity index (χ1n) is 7.02. The van der Waals surface area contributed by atoms with E-state index in [0.29, 0.717) is 6.61 Å². The summed E-state index contributed by atoms with van der Waals surface area (Å²) in [6, 6.07) is 10.3. The number of ether oxygens (including phenoxy) is 1. The Morgan fingerprint density at radius 1 is 1.37 bits per heavy atom. The molecule has 0 spiro atoms. The van der Waals surface area contributed by atoms with Crippen molar-refractivity contribution in [1.82, 2.24) is 10.2 Å². The number of carbonyl (C=O) groups is 1. The third-order valence-electron chi connectivity index (χ3n) is 4.01. The molecule has 0 aliphatic carbocycles. The van der Waals surface area contributed by atoms with Crippen LogP contribution in [0.4, 0.5) is 0 Å². The third kappa shape index (κ3) is 2.26. The maximum Gasteiger partial charge on any atom is 0.241 e. The molecule has 3 rings (SSSR count). The van der Waals surface area contributed by atoms with Gasteiger partial charge in [0.1, 0.15) is 6.17 Å². The van der Waals surface area contributed by atoms with Crippen LogP contribution in [0.2, 0.25) is 0 Å². The molecule has 2 fully saturated rings. The molecule has 0 radical (unpaired) electrons. The summed E-state index contributed by atoms with van der Waals surface area (Å²) in [5, 5.41) is 3.45. The minimum Gasteiger partial charge on any atom is -0.379 e. The van der Waals surface area contributed by atoms with Gasteiger partial charge in [0, 0.05) is 6.61 Å². The molecular weight excluding hydrogens is 240 g/mol. The number of benzene rings is 1. The van der Waals surface area contributed by atoms with Crippen LogP contribution in [0, 0.1) is 0 Å². The second kappa shape index (κ2) is 5.31. The number of carbonyl (C=O) groups excluding carboxylic acids is 1. The van der Waals surface area contributed by atoms with Gasteiger partial charge in [-0.2, -0.15) is 0 Å². The van der Waals surface area contributed by atoms with E-state index in [1.54, 1.807) is 0 Å². The zero-order chi connectivity index (χ0) is 13.2. The molecule has 2 saturated heterocycles. The highest BCUT2D eigenvalue weighted by Crippen LogP contribution is 2.31. The molecule has 4 nitrogen and oxygen atoms in total. The minimum absolute atomic E-state index is 0.00894. The lowest BCUT2D eigenvalue weighted by molar-refractivity contribution is -0.132. The monoisotopic (exact) mass is 260 g/mol. The molecule has 1 amide bonds. The van der Waals surface area contributed by atoms with Crippen molar-refractivity contribution in [2.45, 2.75) is 38.0 Å². The molecule has 1 aromatic carbocycles. The van der Waals surface area contributed by atoms with E-state index in [9.17, 15) is 4.79 Å². The molecule has 2 heterocycles. The van der Waals surface area contributed by atoms with E-state index < -0.39 is 0 Å². The van der Waals surface area contributed by atoms with Crippen LogP contribution in [-0.4, -0.2) is 36.1 Å². The van der Waals surface area contributed by atoms with E-state index >= 15 is 0 Å². The number of hydrogen-bond acceptors (Lipinski definition) is 3. The summed E-state index contributed by atoms with van der Waals surface area (Å²) in [6.45, 7) is 3.46. The van der Waals surface area contributed by atoms with Crippen molar-refractivity contribution in [3.05, 3.63) is 35.9 Å². The fourth-order valence-corrected chi connectivity index (χ4v) is 2.97. The number of hydrogen-bond donors (Lipinski definition) is 1. The Balaban J connectivity index is 1.89. The quantitative estimate of drug-likeness (QED) is 0.899.